The maximum Gasteiger partial charge on any atom is 0.189 e. The second-order valence-corrected chi connectivity index (χ2v) is 5.67. The van der Waals surface area contributed by atoms with E-state index in [-0.39, 0.29) is 0 Å². The quantitative estimate of drug-likeness (QED) is 0.508. The molecule has 0 radical (unpaired) electrons. The molecule has 0 bridgehead atoms. The number of allylic oxidation sites excluding steroid dienone is 4. The van der Waals surface area contributed by atoms with E-state index >= 15 is 0 Å². The Morgan fingerprint density at radius 1 is 1.45 bits per heavy atom. The van der Waals surface area contributed by atoms with Crippen molar-refractivity contribution in [1.29, 1.82) is 0 Å². The van der Waals surface area contributed by atoms with Crippen LogP contribution in [0, 0.1) is 6.92 Å². The van der Waals surface area contributed by atoms with Gasteiger partial charge in [0.15, 0.2) is 11.0 Å². The third-order valence-electron chi connectivity index (χ3n) is 3.08. The second kappa shape index (κ2) is 7.24. The van der Waals surface area contributed by atoms with Crippen LogP contribution in [0.4, 0.5) is 11.5 Å². The summed E-state index contributed by atoms with van der Waals surface area (Å²) in [5.41, 5.74) is 8.93. The van der Waals surface area contributed by atoms with Gasteiger partial charge in [-0.3, -0.25) is 4.99 Å². The van der Waals surface area contributed by atoms with Crippen molar-refractivity contribution in [2.24, 2.45) is 4.99 Å². The highest BCUT2D eigenvalue weighted by molar-refractivity contribution is 7.99. The molecular formula is C15H20N4S. The Morgan fingerprint density at radius 2 is 2.30 bits per heavy atom. The number of rotatable bonds is 5. The van der Waals surface area contributed by atoms with Gasteiger partial charge in [-0.2, -0.15) is 0 Å². The van der Waals surface area contributed by atoms with Crippen LogP contribution in [0.15, 0.2) is 34.0 Å². The maximum absolute atomic E-state index is 5.92. The normalized spacial score (nSPS) is 14.8. The average Bonchev–Trinajstić information content (AvgIpc) is 2.44. The van der Waals surface area contributed by atoms with Gasteiger partial charge in [0.1, 0.15) is 5.69 Å². The summed E-state index contributed by atoms with van der Waals surface area (Å²) in [5, 5.41) is 0.738. The van der Waals surface area contributed by atoms with Crippen molar-refractivity contribution >= 4 is 29.5 Å². The van der Waals surface area contributed by atoms with Gasteiger partial charge >= 0.3 is 0 Å². The first kappa shape index (κ1) is 14.8. The molecule has 20 heavy (non-hydrogen) atoms. The van der Waals surface area contributed by atoms with Gasteiger partial charge in [-0.25, -0.2) is 9.97 Å². The van der Waals surface area contributed by atoms with Gasteiger partial charge in [0.05, 0.1) is 5.69 Å². The first-order valence-corrected chi connectivity index (χ1v) is 7.79. The number of thioether (sulfide) groups is 1. The molecule has 0 aliphatic heterocycles. The molecule has 0 aromatic carbocycles. The number of aromatic nitrogens is 2. The van der Waals surface area contributed by atoms with E-state index in [9.17, 15) is 0 Å². The molecule has 0 saturated heterocycles. The van der Waals surface area contributed by atoms with Crippen LogP contribution < -0.4 is 5.73 Å². The van der Waals surface area contributed by atoms with E-state index in [1.165, 1.54) is 12.0 Å². The predicted octanol–water partition coefficient (Wildman–Crippen LogP) is 3.85. The standard InChI is InChI=1S/C15H20N4S/c1-3-17-13-11(2)18-15(19-14(13)16)20-10-9-12-7-5-4-6-8-12/h3-5,7H,6,8-10H2,1-2H3,(H2,16,18,19). The minimum absolute atomic E-state index is 0.456. The highest BCUT2D eigenvalue weighted by Gasteiger charge is 2.09. The molecule has 1 heterocycles. The molecular weight excluding hydrogens is 268 g/mol. The zero-order chi connectivity index (χ0) is 14.4. The van der Waals surface area contributed by atoms with Gasteiger partial charge in [0.2, 0.25) is 0 Å². The summed E-state index contributed by atoms with van der Waals surface area (Å²) in [4.78, 5) is 13.0. The Bertz CT molecular complexity index is 538. The molecule has 2 rings (SSSR count). The van der Waals surface area contributed by atoms with Crippen LogP contribution in [0.2, 0.25) is 0 Å². The summed E-state index contributed by atoms with van der Waals surface area (Å²) in [7, 11) is 0. The van der Waals surface area contributed by atoms with Gasteiger partial charge in [0.25, 0.3) is 0 Å². The van der Waals surface area contributed by atoms with E-state index in [1.807, 2.05) is 13.8 Å². The number of anilines is 1. The lowest BCUT2D eigenvalue weighted by Gasteiger charge is -2.09. The first-order valence-electron chi connectivity index (χ1n) is 6.81. The number of nitrogens with two attached hydrogens (primary N) is 1. The monoisotopic (exact) mass is 288 g/mol. The van der Waals surface area contributed by atoms with Crippen LogP contribution in [-0.4, -0.2) is 21.9 Å². The largest absolute Gasteiger partial charge is 0.382 e. The van der Waals surface area contributed by atoms with E-state index < -0.39 is 0 Å². The van der Waals surface area contributed by atoms with Crippen LogP contribution in [0.3, 0.4) is 0 Å². The maximum atomic E-state index is 5.92. The van der Waals surface area contributed by atoms with Crippen molar-refractivity contribution in [2.75, 3.05) is 11.5 Å². The molecule has 1 aromatic heterocycles. The van der Waals surface area contributed by atoms with Gasteiger partial charge in [-0.15, -0.1) is 0 Å². The minimum Gasteiger partial charge on any atom is -0.382 e. The third-order valence-corrected chi connectivity index (χ3v) is 3.93. The van der Waals surface area contributed by atoms with Crippen molar-refractivity contribution in [1.82, 2.24) is 9.97 Å². The van der Waals surface area contributed by atoms with E-state index in [4.69, 9.17) is 5.73 Å². The number of hydrogen-bond acceptors (Lipinski definition) is 5. The zero-order valence-corrected chi connectivity index (χ0v) is 12.8. The molecule has 1 aliphatic carbocycles. The fourth-order valence-electron chi connectivity index (χ4n) is 2.05. The molecule has 5 heteroatoms. The molecule has 4 nitrogen and oxygen atoms in total. The Kier molecular flexibility index (Phi) is 5.35. The molecule has 0 atom stereocenters. The van der Waals surface area contributed by atoms with Gasteiger partial charge in [0, 0.05) is 12.0 Å². The molecule has 1 aromatic rings. The van der Waals surface area contributed by atoms with E-state index in [0.29, 0.717) is 11.5 Å². The van der Waals surface area contributed by atoms with Crippen LogP contribution in [0.25, 0.3) is 0 Å². The molecule has 0 spiro atoms. The smallest absolute Gasteiger partial charge is 0.189 e. The number of nitrogen functional groups attached to an aromatic ring is 1. The lowest BCUT2D eigenvalue weighted by atomic mass is 10.0. The van der Waals surface area contributed by atoms with E-state index in [1.54, 1.807) is 18.0 Å². The Hall–Kier alpha value is -1.62. The summed E-state index contributed by atoms with van der Waals surface area (Å²) < 4.78 is 0. The number of nitrogens with zero attached hydrogens (tertiary/aromatic N) is 3. The van der Waals surface area contributed by atoms with Crippen LogP contribution >= 0.6 is 11.8 Å². The van der Waals surface area contributed by atoms with Crippen molar-refractivity contribution in [3.05, 3.63) is 29.5 Å². The summed E-state index contributed by atoms with van der Waals surface area (Å²) in [6.07, 6.45) is 11.7. The predicted molar refractivity (Wildman–Crippen MR) is 86.8 cm³/mol. The van der Waals surface area contributed by atoms with Crippen LogP contribution in [0.5, 0.6) is 0 Å². The fraction of sp³-hybridized carbons (Fsp3) is 0.400. The number of hydrogen-bond donors (Lipinski definition) is 1. The summed E-state index contributed by atoms with van der Waals surface area (Å²) in [6, 6.07) is 0. The number of aliphatic imine (C=N–C) groups is 1. The van der Waals surface area contributed by atoms with Gasteiger partial charge < -0.3 is 5.73 Å². The third kappa shape index (κ3) is 3.93. The van der Waals surface area contributed by atoms with Crippen molar-refractivity contribution in [2.45, 2.75) is 38.3 Å². The second-order valence-electron chi connectivity index (χ2n) is 4.60. The zero-order valence-electron chi connectivity index (χ0n) is 12.0. The molecule has 1 aliphatic rings. The molecule has 0 unspecified atom stereocenters. The molecule has 0 fully saturated rings. The highest BCUT2D eigenvalue weighted by atomic mass is 32.2. The van der Waals surface area contributed by atoms with E-state index in [0.717, 1.165) is 29.4 Å². The Balaban J connectivity index is 1.96. The van der Waals surface area contributed by atoms with Crippen molar-refractivity contribution in [3.8, 4) is 0 Å². The number of aryl methyl sites for hydroxylation is 1. The van der Waals surface area contributed by atoms with Crippen LogP contribution in [0.1, 0.15) is 31.9 Å². The van der Waals surface area contributed by atoms with Crippen molar-refractivity contribution in [3.63, 3.8) is 0 Å². The van der Waals surface area contributed by atoms with E-state index in [2.05, 4.69) is 33.2 Å². The van der Waals surface area contributed by atoms with Gasteiger partial charge in [-0.05, 0) is 33.1 Å². The van der Waals surface area contributed by atoms with Crippen molar-refractivity contribution < 1.29 is 0 Å². The minimum atomic E-state index is 0.456. The summed E-state index contributed by atoms with van der Waals surface area (Å²) in [5.74, 6) is 1.44. The highest BCUT2D eigenvalue weighted by Crippen LogP contribution is 2.27. The lowest BCUT2D eigenvalue weighted by Crippen LogP contribution is -1.99. The SMILES string of the molecule is CC=Nc1c(C)nc(SCCC2=CC=CCC2)nc1N. The Labute approximate surface area is 124 Å². The molecule has 0 amide bonds. The molecule has 0 saturated carbocycles. The lowest BCUT2D eigenvalue weighted by molar-refractivity contribution is 0.894. The average molecular weight is 288 g/mol. The first-order chi connectivity index (χ1) is 9.70. The fourth-order valence-corrected chi connectivity index (χ4v) is 2.96. The molecule has 106 valence electrons. The molecule has 2 N–H and O–H groups in total. The topological polar surface area (TPSA) is 64.2 Å². The van der Waals surface area contributed by atoms with Crippen LogP contribution in [-0.2, 0) is 0 Å². The van der Waals surface area contributed by atoms with Gasteiger partial charge in [-0.1, -0.05) is 35.6 Å². The summed E-state index contributed by atoms with van der Waals surface area (Å²) in [6.45, 7) is 3.77. The Morgan fingerprint density at radius 3 is 2.95 bits per heavy atom. The summed E-state index contributed by atoms with van der Waals surface area (Å²) >= 11 is 1.65.